The summed E-state index contributed by atoms with van der Waals surface area (Å²) in [6, 6.07) is 4.59. The molecule has 1 saturated heterocycles. The third kappa shape index (κ3) is 3.32. The second kappa shape index (κ2) is 5.71. The molecular formula is C15H19FN2O3. The summed E-state index contributed by atoms with van der Waals surface area (Å²) < 4.78 is 18.6. The molecule has 1 fully saturated rings. The molecule has 1 aliphatic rings. The van der Waals surface area contributed by atoms with Crippen molar-refractivity contribution in [1.29, 1.82) is 0 Å². The van der Waals surface area contributed by atoms with Crippen molar-refractivity contribution in [3.63, 3.8) is 0 Å². The van der Waals surface area contributed by atoms with E-state index in [4.69, 9.17) is 4.74 Å². The molecule has 0 spiro atoms. The Morgan fingerprint density at radius 3 is 2.71 bits per heavy atom. The van der Waals surface area contributed by atoms with Crippen LogP contribution in [-0.2, 0) is 16.1 Å². The van der Waals surface area contributed by atoms with Crippen LogP contribution in [0.4, 0.5) is 4.39 Å². The van der Waals surface area contributed by atoms with Crippen LogP contribution in [0.25, 0.3) is 0 Å². The van der Waals surface area contributed by atoms with Gasteiger partial charge in [0.1, 0.15) is 5.54 Å². The van der Waals surface area contributed by atoms with Gasteiger partial charge in [0.2, 0.25) is 11.8 Å². The molecule has 0 radical (unpaired) electrons. The van der Waals surface area contributed by atoms with Crippen molar-refractivity contribution in [2.24, 2.45) is 0 Å². The zero-order valence-corrected chi connectivity index (χ0v) is 12.4. The van der Waals surface area contributed by atoms with Crippen LogP contribution in [0.1, 0.15) is 25.8 Å². The molecule has 1 N–H and O–H groups in total. The van der Waals surface area contributed by atoms with Crippen LogP contribution in [-0.4, -0.2) is 35.9 Å². The van der Waals surface area contributed by atoms with Gasteiger partial charge < -0.3 is 15.0 Å². The fourth-order valence-corrected chi connectivity index (χ4v) is 2.38. The normalized spacial score (nSPS) is 18.2. The Morgan fingerprint density at radius 2 is 2.10 bits per heavy atom. The van der Waals surface area contributed by atoms with E-state index in [1.54, 1.807) is 24.8 Å². The average Bonchev–Trinajstić information content (AvgIpc) is 2.50. The van der Waals surface area contributed by atoms with Crippen LogP contribution in [0.5, 0.6) is 5.75 Å². The molecule has 1 aromatic rings. The van der Waals surface area contributed by atoms with Gasteiger partial charge in [-0.15, -0.1) is 0 Å². The van der Waals surface area contributed by atoms with Crippen LogP contribution >= 0.6 is 0 Å². The maximum absolute atomic E-state index is 13.7. The second-order valence-electron chi connectivity index (χ2n) is 5.62. The van der Waals surface area contributed by atoms with E-state index < -0.39 is 11.4 Å². The number of hydrogen-bond acceptors (Lipinski definition) is 3. The minimum absolute atomic E-state index is 0.156. The van der Waals surface area contributed by atoms with Crippen molar-refractivity contribution in [2.75, 3.05) is 13.7 Å². The number of carbonyl (C=O) groups excluding carboxylic acids is 2. The molecule has 2 rings (SSSR count). The molecule has 21 heavy (non-hydrogen) atoms. The quantitative estimate of drug-likeness (QED) is 0.918. The van der Waals surface area contributed by atoms with Gasteiger partial charge >= 0.3 is 0 Å². The molecule has 1 aliphatic heterocycles. The number of rotatable bonds is 3. The van der Waals surface area contributed by atoms with E-state index in [-0.39, 0.29) is 30.5 Å². The first-order valence-electron chi connectivity index (χ1n) is 6.76. The molecule has 114 valence electrons. The lowest BCUT2D eigenvalue weighted by atomic mass is 10.0. The monoisotopic (exact) mass is 294 g/mol. The highest BCUT2D eigenvalue weighted by Crippen LogP contribution is 2.21. The molecule has 1 aromatic carbocycles. The Bertz CT molecular complexity index is 572. The number of benzene rings is 1. The van der Waals surface area contributed by atoms with Crippen molar-refractivity contribution in [2.45, 2.75) is 32.4 Å². The summed E-state index contributed by atoms with van der Waals surface area (Å²) in [5, 5.41) is 2.69. The zero-order valence-electron chi connectivity index (χ0n) is 12.4. The Labute approximate surface area is 123 Å². The Hall–Kier alpha value is -2.11. The van der Waals surface area contributed by atoms with E-state index in [2.05, 4.69) is 5.32 Å². The SMILES string of the molecule is COc1ccc(CN2CCC(=O)NC(C)(C)C2=O)cc1F. The fourth-order valence-electron chi connectivity index (χ4n) is 2.38. The minimum atomic E-state index is -0.946. The zero-order chi connectivity index (χ0) is 15.6. The lowest BCUT2D eigenvalue weighted by molar-refractivity contribution is -0.137. The first kappa shape index (κ1) is 15.3. The van der Waals surface area contributed by atoms with E-state index in [1.807, 2.05) is 0 Å². The van der Waals surface area contributed by atoms with Crippen LogP contribution in [0.3, 0.4) is 0 Å². The standard InChI is InChI=1S/C15H19FN2O3/c1-15(2)14(20)18(7-6-13(19)17-15)9-10-4-5-12(21-3)11(16)8-10/h4-5,8H,6-7,9H2,1-3H3,(H,17,19). The highest BCUT2D eigenvalue weighted by Gasteiger charge is 2.36. The third-order valence-electron chi connectivity index (χ3n) is 3.47. The van der Waals surface area contributed by atoms with Crippen molar-refractivity contribution in [3.05, 3.63) is 29.6 Å². The van der Waals surface area contributed by atoms with Gasteiger partial charge in [-0.2, -0.15) is 0 Å². The van der Waals surface area contributed by atoms with Crippen molar-refractivity contribution < 1.29 is 18.7 Å². The Kier molecular flexibility index (Phi) is 4.16. The lowest BCUT2D eigenvalue weighted by Crippen LogP contribution is -2.52. The first-order valence-corrected chi connectivity index (χ1v) is 6.76. The average molecular weight is 294 g/mol. The summed E-state index contributed by atoms with van der Waals surface area (Å²) in [6.07, 6.45) is 0.244. The lowest BCUT2D eigenvalue weighted by Gasteiger charge is -2.28. The van der Waals surface area contributed by atoms with Crippen LogP contribution in [0.15, 0.2) is 18.2 Å². The van der Waals surface area contributed by atoms with Gasteiger partial charge in [-0.25, -0.2) is 4.39 Å². The maximum atomic E-state index is 13.7. The number of methoxy groups -OCH3 is 1. The number of carbonyl (C=O) groups is 2. The topological polar surface area (TPSA) is 58.6 Å². The van der Waals surface area contributed by atoms with Gasteiger partial charge in [-0.1, -0.05) is 6.07 Å². The smallest absolute Gasteiger partial charge is 0.248 e. The number of nitrogens with zero attached hydrogens (tertiary/aromatic N) is 1. The van der Waals surface area contributed by atoms with Crippen molar-refractivity contribution in [1.82, 2.24) is 10.2 Å². The number of nitrogens with one attached hydrogen (secondary N) is 1. The number of hydrogen-bond donors (Lipinski definition) is 1. The van der Waals surface area contributed by atoms with E-state index in [9.17, 15) is 14.0 Å². The van der Waals surface area contributed by atoms with E-state index in [0.29, 0.717) is 12.1 Å². The molecule has 0 unspecified atom stereocenters. The van der Waals surface area contributed by atoms with Gasteiger partial charge in [-0.3, -0.25) is 9.59 Å². The van der Waals surface area contributed by atoms with E-state index in [0.717, 1.165) is 0 Å². The predicted octanol–water partition coefficient (Wildman–Crippen LogP) is 1.46. The van der Waals surface area contributed by atoms with Crippen molar-refractivity contribution in [3.8, 4) is 5.75 Å². The highest BCUT2D eigenvalue weighted by molar-refractivity contribution is 5.92. The Balaban J connectivity index is 2.19. The van der Waals surface area contributed by atoms with Crippen LogP contribution in [0.2, 0.25) is 0 Å². The third-order valence-corrected chi connectivity index (χ3v) is 3.47. The molecule has 0 aliphatic carbocycles. The maximum Gasteiger partial charge on any atom is 0.248 e. The molecule has 5 nitrogen and oxygen atoms in total. The molecule has 0 atom stereocenters. The van der Waals surface area contributed by atoms with Gasteiger partial charge in [0.25, 0.3) is 0 Å². The molecule has 0 bridgehead atoms. The minimum Gasteiger partial charge on any atom is -0.494 e. The second-order valence-corrected chi connectivity index (χ2v) is 5.62. The van der Waals surface area contributed by atoms with Gasteiger partial charge in [0.15, 0.2) is 11.6 Å². The summed E-state index contributed by atoms with van der Waals surface area (Å²) in [7, 11) is 1.40. The molecule has 1 heterocycles. The summed E-state index contributed by atoms with van der Waals surface area (Å²) in [5.41, 5.74) is -0.287. The Morgan fingerprint density at radius 1 is 1.38 bits per heavy atom. The molecule has 0 saturated carbocycles. The molecular weight excluding hydrogens is 275 g/mol. The highest BCUT2D eigenvalue weighted by atomic mass is 19.1. The largest absolute Gasteiger partial charge is 0.494 e. The van der Waals surface area contributed by atoms with Gasteiger partial charge in [0.05, 0.1) is 7.11 Å². The fraction of sp³-hybridized carbons (Fsp3) is 0.467. The summed E-state index contributed by atoms with van der Waals surface area (Å²) >= 11 is 0. The first-order chi connectivity index (χ1) is 9.83. The van der Waals surface area contributed by atoms with Crippen molar-refractivity contribution >= 4 is 11.8 Å². The predicted molar refractivity (Wildman–Crippen MR) is 75.2 cm³/mol. The molecule has 6 heteroatoms. The van der Waals surface area contributed by atoms with Crippen LogP contribution in [0, 0.1) is 5.82 Å². The van der Waals surface area contributed by atoms with Gasteiger partial charge in [0, 0.05) is 19.5 Å². The molecule has 0 aromatic heterocycles. The number of ether oxygens (including phenoxy) is 1. The van der Waals surface area contributed by atoms with Gasteiger partial charge in [-0.05, 0) is 31.5 Å². The summed E-state index contributed by atoms with van der Waals surface area (Å²) in [4.78, 5) is 25.6. The van der Waals surface area contributed by atoms with E-state index >= 15 is 0 Å². The van der Waals surface area contributed by atoms with E-state index in [1.165, 1.54) is 19.2 Å². The van der Waals surface area contributed by atoms with Crippen LogP contribution < -0.4 is 10.1 Å². The summed E-state index contributed by atoms with van der Waals surface area (Å²) in [6.45, 7) is 3.92. The number of halogens is 1. The number of amides is 2. The molecule has 2 amide bonds. The summed E-state index contributed by atoms with van der Waals surface area (Å²) in [5.74, 6) is -0.634.